The topological polar surface area (TPSA) is 98.3 Å². The standard InChI is InChI=1S/C24H28N4O3S/c1-4-21-23(22(5-2)28(26-21)14-16(3)25)32(30,31)19-12-10-18(11-13-19)27-15-17-8-6-7-9-20(17)24(27)29/h6-13,16H,4-5,14-15,25H2,1-3H3/t16-/m0/s1. The summed E-state index contributed by atoms with van der Waals surface area (Å²) >= 11 is 0. The Labute approximate surface area is 188 Å². The number of hydrogen-bond acceptors (Lipinski definition) is 5. The van der Waals surface area contributed by atoms with Gasteiger partial charge < -0.3 is 10.6 Å². The fourth-order valence-corrected chi connectivity index (χ4v) is 6.01. The summed E-state index contributed by atoms with van der Waals surface area (Å²) in [5, 5.41) is 4.55. The summed E-state index contributed by atoms with van der Waals surface area (Å²) in [5.41, 5.74) is 9.50. The van der Waals surface area contributed by atoms with E-state index in [1.54, 1.807) is 33.8 Å². The molecule has 1 aromatic heterocycles. The number of fused-ring (bicyclic) bond motifs is 1. The number of nitrogens with two attached hydrogens (primary N) is 1. The summed E-state index contributed by atoms with van der Waals surface area (Å²) in [6.45, 7) is 6.63. The third-order valence-electron chi connectivity index (χ3n) is 5.76. The monoisotopic (exact) mass is 452 g/mol. The third-order valence-corrected chi connectivity index (χ3v) is 7.66. The van der Waals surface area contributed by atoms with Crippen LogP contribution in [0, 0.1) is 0 Å². The molecule has 7 nitrogen and oxygen atoms in total. The zero-order valence-corrected chi connectivity index (χ0v) is 19.4. The van der Waals surface area contributed by atoms with Crippen molar-refractivity contribution in [3.63, 3.8) is 0 Å². The second-order valence-electron chi connectivity index (χ2n) is 8.13. The van der Waals surface area contributed by atoms with Crippen molar-refractivity contribution in [3.05, 3.63) is 71.0 Å². The van der Waals surface area contributed by atoms with Gasteiger partial charge in [0.1, 0.15) is 4.90 Å². The Bertz CT molecular complexity index is 1260. The molecule has 168 valence electrons. The summed E-state index contributed by atoms with van der Waals surface area (Å²) in [6.07, 6.45) is 1.04. The van der Waals surface area contributed by atoms with Gasteiger partial charge in [0.25, 0.3) is 5.91 Å². The Morgan fingerprint density at radius 3 is 2.34 bits per heavy atom. The van der Waals surface area contributed by atoms with Crippen molar-refractivity contribution < 1.29 is 13.2 Å². The molecule has 0 unspecified atom stereocenters. The van der Waals surface area contributed by atoms with Gasteiger partial charge in [-0.05, 0) is 55.7 Å². The number of carbonyl (C=O) groups excluding carboxylic acids is 1. The van der Waals surface area contributed by atoms with Gasteiger partial charge in [-0.3, -0.25) is 9.48 Å². The van der Waals surface area contributed by atoms with Gasteiger partial charge in [-0.25, -0.2) is 8.42 Å². The maximum atomic E-state index is 13.6. The molecular weight excluding hydrogens is 424 g/mol. The van der Waals surface area contributed by atoms with Crippen LogP contribution in [0.2, 0.25) is 0 Å². The highest BCUT2D eigenvalue weighted by Crippen LogP contribution is 2.32. The molecule has 32 heavy (non-hydrogen) atoms. The van der Waals surface area contributed by atoms with Crippen LogP contribution in [0.3, 0.4) is 0 Å². The average Bonchev–Trinajstić information content (AvgIpc) is 3.31. The molecular formula is C24H28N4O3S. The van der Waals surface area contributed by atoms with Crippen LogP contribution in [0.5, 0.6) is 0 Å². The lowest BCUT2D eigenvalue weighted by Crippen LogP contribution is -2.24. The highest BCUT2D eigenvalue weighted by Gasteiger charge is 2.31. The van der Waals surface area contributed by atoms with Crippen LogP contribution in [-0.4, -0.2) is 30.1 Å². The van der Waals surface area contributed by atoms with Gasteiger partial charge in [0.05, 0.1) is 29.4 Å². The SMILES string of the molecule is CCc1nn(C[C@H](C)N)c(CC)c1S(=O)(=O)c1ccc(N2Cc3ccccc3C2=O)cc1. The van der Waals surface area contributed by atoms with Crippen molar-refractivity contribution in [2.75, 3.05) is 4.90 Å². The van der Waals surface area contributed by atoms with Crippen LogP contribution in [0.1, 0.15) is 48.1 Å². The molecule has 1 aliphatic heterocycles. The van der Waals surface area contributed by atoms with Crippen molar-refractivity contribution in [2.45, 2.75) is 62.5 Å². The fraction of sp³-hybridized carbons (Fsp3) is 0.333. The molecule has 2 N–H and O–H groups in total. The van der Waals surface area contributed by atoms with Crippen molar-refractivity contribution in [3.8, 4) is 0 Å². The number of nitrogens with zero attached hydrogens (tertiary/aromatic N) is 3. The highest BCUT2D eigenvalue weighted by atomic mass is 32.2. The van der Waals surface area contributed by atoms with Gasteiger partial charge in [0.2, 0.25) is 9.84 Å². The second-order valence-corrected chi connectivity index (χ2v) is 10.0. The smallest absolute Gasteiger partial charge is 0.258 e. The van der Waals surface area contributed by atoms with Crippen molar-refractivity contribution in [1.29, 1.82) is 0 Å². The number of aryl methyl sites for hydroxylation is 1. The van der Waals surface area contributed by atoms with Crippen LogP contribution < -0.4 is 10.6 Å². The van der Waals surface area contributed by atoms with E-state index in [-0.39, 0.29) is 21.7 Å². The second kappa shape index (κ2) is 8.52. The van der Waals surface area contributed by atoms with E-state index in [1.807, 2.05) is 45.0 Å². The predicted molar refractivity (Wildman–Crippen MR) is 123 cm³/mol. The number of aromatic nitrogens is 2. The molecule has 1 aliphatic rings. The molecule has 0 spiro atoms. The molecule has 0 saturated carbocycles. The minimum atomic E-state index is -3.77. The van der Waals surface area contributed by atoms with E-state index in [0.29, 0.717) is 48.6 Å². The molecule has 0 aliphatic carbocycles. The van der Waals surface area contributed by atoms with Gasteiger partial charge in [0.15, 0.2) is 0 Å². The van der Waals surface area contributed by atoms with E-state index in [9.17, 15) is 13.2 Å². The molecule has 1 amide bonds. The molecule has 3 aromatic rings. The minimum absolute atomic E-state index is 0.0741. The summed E-state index contributed by atoms with van der Waals surface area (Å²) in [7, 11) is -3.77. The molecule has 0 fully saturated rings. The Kier molecular flexibility index (Phi) is 5.92. The zero-order chi connectivity index (χ0) is 23.0. The van der Waals surface area contributed by atoms with E-state index < -0.39 is 9.84 Å². The van der Waals surface area contributed by atoms with Crippen LogP contribution in [0.15, 0.2) is 58.3 Å². The molecule has 0 saturated heterocycles. The zero-order valence-electron chi connectivity index (χ0n) is 18.6. The molecule has 4 rings (SSSR count). The first-order valence-electron chi connectivity index (χ1n) is 10.9. The Morgan fingerprint density at radius 1 is 1.06 bits per heavy atom. The molecule has 2 aromatic carbocycles. The Morgan fingerprint density at radius 2 is 1.75 bits per heavy atom. The largest absolute Gasteiger partial charge is 0.326 e. The average molecular weight is 453 g/mol. The van der Waals surface area contributed by atoms with Gasteiger partial charge in [-0.1, -0.05) is 32.0 Å². The highest BCUT2D eigenvalue weighted by molar-refractivity contribution is 7.91. The van der Waals surface area contributed by atoms with E-state index in [0.717, 1.165) is 5.56 Å². The number of rotatable bonds is 7. The number of sulfone groups is 1. The molecule has 0 radical (unpaired) electrons. The number of hydrogen-bond donors (Lipinski definition) is 1. The Balaban J connectivity index is 1.69. The van der Waals surface area contributed by atoms with Crippen molar-refractivity contribution >= 4 is 21.4 Å². The minimum Gasteiger partial charge on any atom is -0.326 e. The summed E-state index contributed by atoms with van der Waals surface area (Å²) < 4.78 is 28.9. The third kappa shape index (κ3) is 3.73. The van der Waals surface area contributed by atoms with Crippen LogP contribution >= 0.6 is 0 Å². The summed E-state index contributed by atoms with van der Waals surface area (Å²) in [4.78, 5) is 14.9. The van der Waals surface area contributed by atoms with Crippen LogP contribution in [0.4, 0.5) is 5.69 Å². The van der Waals surface area contributed by atoms with Gasteiger partial charge in [-0.2, -0.15) is 5.10 Å². The summed E-state index contributed by atoms with van der Waals surface area (Å²) in [6, 6.07) is 13.9. The molecule has 2 heterocycles. The number of amides is 1. The first-order chi connectivity index (χ1) is 15.3. The normalized spacial score (nSPS) is 14.6. The lowest BCUT2D eigenvalue weighted by Gasteiger charge is -2.16. The van der Waals surface area contributed by atoms with Gasteiger partial charge >= 0.3 is 0 Å². The van der Waals surface area contributed by atoms with E-state index >= 15 is 0 Å². The van der Waals surface area contributed by atoms with Crippen molar-refractivity contribution in [1.82, 2.24) is 9.78 Å². The van der Waals surface area contributed by atoms with Crippen molar-refractivity contribution in [2.24, 2.45) is 5.73 Å². The molecule has 1 atom stereocenters. The summed E-state index contributed by atoms with van der Waals surface area (Å²) in [5.74, 6) is -0.0741. The van der Waals surface area contributed by atoms with E-state index in [1.165, 1.54) is 0 Å². The van der Waals surface area contributed by atoms with E-state index in [4.69, 9.17) is 5.73 Å². The first kappa shape index (κ1) is 22.2. The van der Waals surface area contributed by atoms with Gasteiger partial charge in [-0.15, -0.1) is 0 Å². The first-order valence-corrected chi connectivity index (χ1v) is 12.3. The predicted octanol–water partition coefficient (Wildman–Crippen LogP) is 3.35. The van der Waals surface area contributed by atoms with Crippen LogP contribution in [-0.2, 0) is 35.8 Å². The Hall–Kier alpha value is -2.97. The van der Waals surface area contributed by atoms with Crippen LogP contribution in [0.25, 0.3) is 0 Å². The fourth-order valence-electron chi connectivity index (χ4n) is 4.23. The number of anilines is 1. The number of benzene rings is 2. The quantitative estimate of drug-likeness (QED) is 0.593. The lowest BCUT2D eigenvalue weighted by atomic mass is 10.1. The molecule has 8 heteroatoms. The maximum absolute atomic E-state index is 13.6. The lowest BCUT2D eigenvalue weighted by molar-refractivity contribution is 0.0996. The molecule has 0 bridgehead atoms. The van der Waals surface area contributed by atoms with Gasteiger partial charge in [0, 0.05) is 17.3 Å². The van der Waals surface area contributed by atoms with E-state index in [2.05, 4.69) is 5.10 Å². The maximum Gasteiger partial charge on any atom is 0.258 e. The number of carbonyl (C=O) groups is 1.